The molecule has 0 rings (SSSR count). The Hall–Kier alpha value is -0.600. The van der Waals surface area contributed by atoms with Crippen LogP contribution in [0.25, 0.3) is 0 Å². The second kappa shape index (κ2) is 7.51. The summed E-state index contributed by atoms with van der Waals surface area (Å²) in [6.07, 6.45) is 3.58. The summed E-state index contributed by atoms with van der Waals surface area (Å²) in [5.41, 5.74) is 0. The highest BCUT2D eigenvalue weighted by atomic mass is 16.5. The van der Waals surface area contributed by atoms with Crippen molar-refractivity contribution in [3.05, 3.63) is 25.3 Å². The first-order chi connectivity index (χ1) is 5.31. The standard InChI is InChI=1S/C9H16O2/c1-4-6-10-8-9(3)11-7-5-2/h4-5,9H,1-2,6-8H2,3H3. The molecule has 0 saturated heterocycles. The predicted molar refractivity (Wildman–Crippen MR) is 46.6 cm³/mol. The molecule has 2 nitrogen and oxygen atoms in total. The van der Waals surface area contributed by atoms with E-state index in [4.69, 9.17) is 9.47 Å². The molecule has 0 saturated carbocycles. The lowest BCUT2D eigenvalue weighted by molar-refractivity contribution is 0.0129. The quantitative estimate of drug-likeness (QED) is 0.413. The van der Waals surface area contributed by atoms with Crippen molar-refractivity contribution in [2.45, 2.75) is 13.0 Å². The topological polar surface area (TPSA) is 18.5 Å². The average molecular weight is 156 g/mol. The molecule has 64 valence electrons. The minimum atomic E-state index is 0.132. The SMILES string of the molecule is C=CCOCC(C)OCC=C. The molecule has 0 aliphatic carbocycles. The molecule has 0 aliphatic rings. The van der Waals surface area contributed by atoms with Gasteiger partial charge in [0.2, 0.25) is 0 Å². The van der Waals surface area contributed by atoms with Gasteiger partial charge in [-0.15, -0.1) is 13.2 Å². The molecule has 2 heteroatoms. The van der Waals surface area contributed by atoms with Gasteiger partial charge in [0, 0.05) is 0 Å². The first-order valence-electron chi connectivity index (χ1n) is 3.72. The van der Waals surface area contributed by atoms with Crippen molar-refractivity contribution < 1.29 is 9.47 Å². The van der Waals surface area contributed by atoms with Gasteiger partial charge in [0.25, 0.3) is 0 Å². The van der Waals surface area contributed by atoms with Crippen LogP contribution < -0.4 is 0 Å². The van der Waals surface area contributed by atoms with E-state index >= 15 is 0 Å². The summed E-state index contributed by atoms with van der Waals surface area (Å²) in [6, 6.07) is 0. The van der Waals surface area contributed by atoms with Crippen molar-refractivity contribution in [2.24, 2.45) is 0 Å². The molecular weight excluding hydrogens is 140 g/mol. The third-order valence-electron chi connectivity index (χ3n) is 1.09. The van der Waals surface area contributed by atoms with E-state index in [0.717, 1.165) is 0 Å². The van der Waals surface area contributed by atoms with Crippen molar-refractivity contribution >= 4 is 0 Å². The molecule has 1 atom stereocenters. The Balaban J connectivity index is 3.14. The van der Waals surface area contributed by atoms with Crippen LogP contribution >= 0.6 is 0 Å². The summed E-state index contributed by atoms with van der Waals surface area (Å²) in [5.74, 6) is 0. The molecule has 0 aliphatic heterocycles. The van der Waals surface area contributed by atoms with Crippen molar-refractivity contribution in [1.82, 2.24) is 0 Å². The van der Waals surface area contributed by atoms with E-state index in [1.807, 2.05) is 6.92 Å². The fourth-order valence-electron chi connectivity index (χ4n) is 0.598. The fourth-order valence-corrected chi connectivity index (χ4v) is 0.598. The monoisotopic (exact) mass is 156 g/mol. The van der Waals surface area contributed by atoms with Crippen molar-refractivity contribution in [1.29, 1.82) is 0 Å². The zero-order valence-electron chi connectivity index (χ0n) is 7.08. The van der Waals surface area contributed by atoms with Gasteiger partial charge < -0.3 is 9.47 Å². The van der Waals surface area contributed by atoms with Crippen molar-refractivity contribution in [2.75, 3.05) is 19.8 Å². The van der Waals surface area contributed by atoms with Crippen LogP contribution in [0.1, 0.15) is 6.92 Å². The zero-order valence-corrected chi connectivity index (χ0v) is 7.08. The maximum Gasteiger partial charge on any atom is 0.0784 e. The third kappa shape index (κ3) is 7.30. The number of hydrogen-bond acceptors (Lipinski definition) is 2. The Morgan fingerprint density at radius 1 is 1.27 bits per heavy atom. The highest BCUT2D eigenvalue weighted by Gasteiger charge is 1.98. The summed E-state index contributed by atoms with van der Waals surface area (Å²) in [5, 5.41) is 0. The van der Waals surface area contributed by atoms with E-state index < -0.39 is 0 Å². The van der Waals surface area contributed by atoms with Crippen molar-refractivity contribution in [3.8, 4) is 0 Å². The predicted octanol–water partition coefficient (Wildman–Crippen LogP) is 1.78. The first kappa shape index (κ1) is 10.4. The first-order valence-corrected chi connectivity index (χ1v) is 3.72. The van der Waals surface area contributed by atoms with Gasteiger partial charge in [0.1, 0.15) is 0 Å². The Morgan fingerprint density at radius 3 is 2.45 bits per heavy atom. The maximum atomic E-state index is 5.26. The van der Waals surface area contributed by atoms with Crippen LogP contribution in [0.4, 0.5) is 0 Å². The second-order valence-corrected chi connectivity index (χ2v) is 2.26. The molecule has 0 spiro atoms. The molecule has 11 heavy (non-hydrogen) atoms. The molecule has 0 N–H and O–H groups in total. The third-order valence-corrected chi connectivity index (χ3v) is 1.09. The molecule has 0 bridgehead atoms. The summed E-state index contributed by atoms with van der Waals surface area (Å²) in [6.45, 7) is 10.8. The molecule has 0 aromatic carbocycles. The molecule has 0 fully saturated rings. The van der Waals surface area contributed by atoms with E-state index in [1.54, 1.807) is 12.2 Å². The van der Waals surface area contributed by atoms with Crippen LogP contribution in [-0.2, 0) is 9.47 Å². The van der Waals surface area contributed by atoms with Gasteiger partial charge in [-0.05, 0) is 6.92 Å². The number of rotatable bonds is 7. The highest BCUT2D eigenvalue weighted by molar-refractivity contribution is 4.66. The van der Waals surface area contributed by atoms with Gasteiger partial charge in [-0.25, -0.2) is 0 Å². The van der Waals surface area contributed by atoms with Gasteiger partial charge in [-0.2, -0.15) is 0 Å². The van der Waals surface area contributed by atoms with Crippen LogP contribution in [0.3, 0.4) is 0 Å². The van der Waals surface area contributed by atoms with Crippen LogP contribution in [0, 0.1) is 0 Å². The van der Waals surface area contributed by atoms with Crippen LogP contribution in [0.2, 0.25) is 0 Å². The maximum absolute atomic E-state index is 5.26. The summed E-state index contributed by atoms with van der Waals surface area (Å²) < 4.78 is 10.4. The van der Waals surface area contributed by atoms with E-state index in [9.17, 15) is 0 Å². The Bertz CT molecular complexity index is 110. The molecule has 0 aromatic rings. The highest BCUT2D eigenvalue weighted by Crippen LogP contribution is 1.91. The molecule has 0 heterocycles. The number of hydrogen-bond donors (Lipinski definition) is 0. The fraction of sp³-hybridized carbons (Fsp3) is 0.556. The van der Waals surface area contributed by atoms with Crippen molar-refractivity contribution in [3.63, 3.8) is 0 Å². The van der Waals surface area contributed by atoms with E-state index in [1.165, 1.54) is 0 Å². The molecule has 0 aromatic heterocycles. The Labute approximate surface area is 68.5 Å². The van der Waals surface area contributed by atoms with Gasteiger partial charge in [0.15, 0.2) is 0 Å². The largest absolute Gasteiger partial charge is 0.375 e. The van der Waals surface area contributed by atoms with Gasteiger partial charge in [-0.1, -0.05) is 12.2 Å². The molecule has 0 radical (unpaired) electrons. The lowest BCUT2D eigenvalue weighted by atomic mass is 10.4. The van der Waals surface area contributed by atoms with Crippen LogP contribution in [0.5, 0.6) is 0 Å². The lowest BCUT2D eigenvalue weighted by Crippen LogP contribution is -2.15. The van der Waals surface area contributed by atoms with Gasteiger partial charge >= 0.3 is 0 Å². The van der Waals surface area contributed by atoms with Gasteiger partial charge in [-0.3, -0.25) is 0 Å². The van der Waals surface area contributed by atoms with E-state index in [-0.39, 0.29) is 6.10 Å². The number of ether oxygens (including phenoxy) is 2. The minimum absolute atomic E-state index is 0.132. The van der Waals surface area contributed by atoms with Crippen LogP contribution in [0.15, 0.2) is 25.3 Å². The van der Waals surface area contributed by atoms with E-state index in [0.29, 0.717) is 19.8 Å². The average Bonchev–Trinajstić information content (AvgIpc) is 2.01. The van der Waals surface area contributed by atoms with Crippen LogP contribution in [-0.4, -0.2) is 25.9 Å². The summed E-state index contributed by atoms with van der Waals surface area (Å²) in [4.78, 5) is 0. The smallest absolute Gasteiger partial charge is 0.0784 e. The zero-order chi connectivity index (χ0) is 8.53. The molecular formula is C9H16O2. The van der Waals surface area contributed by atoms with E-state index in [2.05, 4.69) is 13.2 Å². The second-order valence-electron chi connectivity index (χ2n) is 2.26. The Morgan fingerprint density at radius 2 is 1.91 bits per heavy atom. The lowest BCUT2D eigenvalue weighted by Gasteiger charge is -2.10. The summed E-state index contributed by atoms with van der Waals surface area (Å²) in [7, 11) is 0. The molecule has 1 unspecified atom stereocenters. The van der Waals surface area contributed by atoms with Gasteiger partial charge in [0.05, 0.1) is 25.9 Å². The normalized spacial score (nSPS) is 12.5. The minimum Gasteiger partial charge on any atom is -0.375 e. The molecule has 0 amide bonds. The summed E-state index contributed by atoms with van der Waals surface area (Å²) >= 11 is 0. The Kier molecular flexibility index (Phi) is 7.10.